The fourth-order valence-electron chi connectivity index (χ4n) is 1.88. The highest BCUT2D eigenvalue weighted by Crippen LogP contribution is 2.17. The predicted octanol–water partition coefficient (Wildman–Crippen LogP) is 2.65. The first-order chi connectivity index (χ1) is 7.55. The van der Waals surface area contributed by atoms with Crippen LogP contribution < -0.4 is 5.32 Å². The molecule has 0 saturated carbocycles. The third-order valence-corrected chi connectivity index (χ3v) is 3.08. The van der Waals surface area contributed by atoms with Crippen LogP contribution in [0.15, 0.2) is 24.3 Å². The second-order valence-electron chi connectivity index (χ2n) is 5.03. The van der Waals surface area contributed by atoms with Crippen LogP contribution in [0, 0.1) is 0 Å². The minimum absolute atomic E-state index is 0.102. The zero-order valence-electron chi connectivity index (χ0n) is 9.79. The molecule has 0 aliphatic carbocycles. The molecule has 88 valence electrons. The Bertz CT molecular complexity index is 355. The van der Waals surface area contributed by atoms with E-state index in [9.17, 15) is 0 Å². The number of rotatable bonds is 2. The molecule has 1 fully saturated rings. The van der Waals surface area contributed by atoms with Crippen LogP contribution >= 0.6 is 11.6 Å². The van der Waals surface area contributed by atoms with Crippen molar-refractivity contribution in [2.24, 2.45) is 0 Å². The molecule has 16 heavy (non-hydrogen) atoms. The number of morpholine rings is 1. The van der Waals surface area contributed by atoms with Crippen LogP contribution in [0.3, 0.4) is 0 Å². The molecule has 1 aliphatic heterocycles. The van der Waals surface area contributed by atoms with E-state index in [4.69, 9.17) is 16.3 Å². The van der Waals surface area contributed by atoms with Crippen LogP contribution in [0.2, 0.25) is 5.02 Å². The molecule has 3 heteroatoms. The van der Waals surface area contributed by atoms with Crippen molar-refractivity contribution in [3.05, 3.63) is 34.9 Å². The van der Waals surface area contributed by atoms with Crippen LogP contribution in [0.4, 0.5) is 0 Å². The topological polar surface area (TPSA) is 21.3 Å². The lowest BCUT2D eigenvalue weighted by molar-refractivity contribution is -0.0206. The number of ether oxygens (including phenoxy) is 1. The van der Waals surface area contributed by atoms with Crippen LogP contribution in [0.25, 0.3) is 0 Å². The SMILES string of the molecule is CC1(C)COC(Cc2cccc(Cl)c2)CN1. The molecule has 2 rings (SSSR count). The molecule has 1 aromatic rings. The summed E-state index contributed by atoms with van der Waals surface area (Å²) in [5, 5.41) is 4.28. The van der Waals surface area contributed by atoms with E-state index >= 15 is 0 Å². The van der Waals surface area contributed by atoms with Gasteiger partial charge in [0.1, 0.15) is 0 Å². The lowest BCUT2D eigenvalue weighted by atomic mass is 10.0. The van der Waals surface area contributed by atoms with Gasteiger partial charge in [-0.05, 0) is 38.0 Å². The lowest BCUT2D eigenvalue weighted by Crippen LogP contribution is -2.53. The van der Waals surface area contributed by atoms with E-state index in [-0.39, 0.29) is 11.6 Å². The van der Waals surface area contributed by atoms with Crippen molar-refractivity contribution in [3.8, 4) is 0 Å². The number of halogens is 1. The maximum Gasteiger partial charge on any atom is 0.0740 e. The van der Waals surface area contributed by atoms with E-state index in [0.29, 0.717) is 0 Å². The predicted molar refractivity (Wildman–Crippen MR) is 67.0 cm³/mol. The number of hydrogen-bond acceptors (Lipinski definition) is 2. The number of hydrogen-bond donors (Lipinski definition) is 1. The van der Waals surface area contributed by atoms with Gasteiger partial charge in [0, 0.05) is 17.1 Å². The third-order valence-electron chi connectivity index (χ3n) is 2.84. The molecule has 1 aromatic carbocycles. The van der Waals surface area contributed by atoms with E-state index in [1.165, 1.54) is 5.56 Å². The molecule has 1 saturated heterocycles. The average Bonchev–Trinajstić information content (AvgIpc) is 2.21. The van der Waals surface area contributed by atoms with E-state index in [0.717, 1.165) is 24.6 Å². The maximum atomic E-state index is 5.95. The summed E-state index contributed by atoms with van der Waals surface area (Å²) < 4.78 is 5.83. The van der Waals surface area contributed by atoms with Gasteiger partial charge < -0.3 is 10.1 Å². The van der Waals surface area contributed by atoms with Gasteiger partial charge in [-0.1, -0.05) is 23.7 Å². The summed E-state index contributed by atoms with van der Waals surface area (Å²) in [7, 11) is 0. The zero-order chi connectivity index (χ0) is 11.6. The second kappa shape index (κ2) is 4.74. The van der Waals surface area contributed by atoms with Crippen LogP contribution in [0.5, 0.6) is 0 Å². The molecule has 0 amide bonds. The van der Waals surface area contributed by atoms with Gasteiger partial charge in [0.2, 0.25) is 0 Å². The van der Waals surface area contributed by atoms with Crippen molar-refractivity contribution < 1.29 is 4.74 Å². The normalized spacial score (nSPS) is 24.3. The van der Waals surface area contributed by atoms with Gasteiger partial charge in [-0.25, -0.2) is 0 Å². The Labute approximate surface area is 102 Å². The van der Waals surface area contributed by atoms with Gasteiger partial charge in [0.25, 0.3) is 0 Å². The Morgan fingerprint density at radius 3 is 2.94 bits per heavy atom. The van der Waals surface area contributed by atoms with Gasteiger partial charge in [-0.15, -0.1) is 0 Å². The van der Waals surface area contributed by atoms with Crippen molar-refractivity contribution in [1.82, 2.24) is 5.32 Å². The highest BCUT2D eigenvalue weighted by molar-refractivity contribution is 6.30. The third kappa shape index (κ3) is 3.21. The van der Waals surface area contributed by atoms with Crippen molar-refractivity contribution >= 4 is 11.6 Å². The minimum Gasteiger partial charge on any atom is -0.375 e. The van der Waals surface area contributed by atoms with Gasteiger partial charge >= 0.3 is 0 Å². The minimum atomic E-state index is 0.102. The molecular formula is C13H18ClNO. The summed E-state index contributed by atoms with van der Waals surface area (Å²) in [5.41, 5.74) is 1.34. The highest BCUT2D eigenvalue weighted by atomic mass is 35.5. The Hall–Kier alpha value is -0.570. The van der Waals surface area contributed by atoms with Crippen molar-refractivity contribution in [2.75, 3.05) is 13.2 Å². The molecule has 1 N–H and O–H groups in total. The quantitative estimate of drug-likeness (QED) is 0.857. The van der Waals surface area contributed by atoms with E-state index < -0.39 is 0 Å². The molecule has 1 heterocycles. The second-order valence-corrected chi connectivity index (χ2v) is 5.47. The van der Waals surface area contributed by atoms with Crippen molar-refractivity contribution in [3.63, 3.8) is 0 Å². The first-order valence-electron chi connectivity index (χ1n) is 5.66. The summed E-state index contributed by atoms with van der Waals surface area (Å²) in [5.74, 6) is 0. The average molecular weight is 240 g/mol. The Kier molecular flexibility index (Phi) is 3.53. The van der Waals surface area contributed by atoms with E-state index in [1.807, 2.05) is 18.2 Å². The molecule has 0 bridgehead atoms. The van der Waals surface area contributed by atoms with Gasteiger partial charge in [0.15, 0.2) is 0 Å². The summed E-state index contributed by atoms with van der Waals surface area (Å²) in [4.78, 5) is 0. The fraction of sp³-hybridized carbons (Fsp3) is 0.538. The Balaban J connectivity index is 1.92. The summed E-state index contributed by atoms with van der Waals surface area (Å²) in [6, 6.07) is 7.98. The van der Waals surface area contributed by atoms with Gasteiger partial charge in [0.05, 0.1) is 12.7 Å². The molecule has 1 unspecified atom stereocenters. The Morgan fingerprint density at radius 2 is 2.31 bits per heavy atom. The summed E-state index contributed by atoms with van der Waals surface area (Å²) >= 11 is 5.95. The first-order valence-corrected chi connectivity index (χ1v) is 6.04. The molecule has 0 aromatic heterocycles. The molecule has 1 atom stereocenters. The summed E-state index contributed by atoms with van der Waals surface area (Å²) in [6.07, 6.45) is 1.18. The van der Waals surface area contributed by atoms with Crippen molar-refractivity contribution in [2.45, 2.75) is 31.9 Å². The smallest absolute Gasteiger partial charge is 0.0740 e. The van der Waals surface area contributed by atoms with Gasteiger partial charge in [-0.2, -0.15) is 0 Å². The molecule has 1 aliphatic rings. The molecule has 0 spiro atoms. The summed E-state index contributed by atoms with van der Waals surface area (Å²) in [6.45, 7) is 5.98. The van der Waals surface area contributed by atoms with E-state index in [1.54, 1.807) is 0 Å². The first kappa shape index (κ1) is 11.9. The maximum absolute atomic E-state index is 5.95. The van der Waals surface area contributed by atoms with Gasteiger partial charge in [-0.3, -0.25) is 0 Å². The standard InChI is InChI=1S/C13H18ClNO/c1-13(2)9-16-12(8-15-13)7-10-4-3-5-11(14)6-10/h3-6,12,15H,7-9H2,1-2H3. The van der Waals surface area contributed by atoms with Crippen LogP contribution in [0.1, 0.15) is 19.4 Å². The Morgan fingerprint density at radius 1 is 1.50 bits per heavy atom. The molecule has 0 radical (unpaired) electrons. The van der Waals surface area contributed by atoms with Crippen LogP contribution in [-0.4, -0.2) is 24.8 Å². The number of benzene rings is 1. The van der Waals surface area contributed by atoms with Crippen LogP contribution in [-0.2, 0) is 11.2 Å². The number of nitrogens with one attached hydrogen (secondary N) is 1. The zero-order valence-corrected chi connectivity index (χ0v) is 10.6. The monoisotopic (exact) mass is 239 g/mol. The largest absolute Gasteiger partial charge is 0.375 e. The van der Waals surface area contributed by atoms with Crippen molar-refractivity contribution in [1.29, 1.82) is 0 Å². The lowest BCUT2D eigenvalue weighted by Gasteiger charge is -2.36. The fourth-order valence-corrected chi connectivity index (χ4v) is 2.10. The van der Waals surface area contributed by atoms with E-state index in [2.05, 4.69) is 25.2 Å². The molecule has 2 nitrogen and oxygen atoms in total. The highest BCUT2D eigenvalue weighted by Gasteiger charge is 2.26. The molecular weight excluding hydrogens is 222 g/mol.